The second kappa shape index (κ2) is 6.97. The molecule has 2 aromatic rings. The Hall–Kier alpha value is -1.57. The number of rotatable bonds is 4. The van der Waals surface area contributed by atoms with Gasteiger partial charge >= 0.3 is 0 Å². The molecule has 1 amide bonds. The quantitative estimate of drug-likeness (QED) is 0.764. The first kappa shape index (κ1) is 18.2. The lowest BCUT2D eigenvalue weighted by molar-refractivity contribution is -0.117. The van der Waals surface area contributed by atoms with Crippen molar-refractivity contribution in [2.45, 2.75) is 24.7 Å². The Bertz CT molecular complexity index is 947. The van der Waals surface area contributed by atoms with Crippen LogP contribution in [0, 0.1) is 6.92 Å². The summed E-state index contributed by atoms with van der Waals surface area (Å²) in [5, 5.41) is 0.336. The van der Waals surface area contributed by atoms with Gasteiger partial charge < -0.3 is 4.90 Å². The lowest BCUT2D eigenvalue weighted by atomic mass is 10.2. The molecule has 25 heavy (non-hydrogen) atoms. The smallest absolute Gasteiger partial charge is 0.261 e. The van der Waals surface area contributed by atoms with Gasteiger partial charge in [0, 0.05) is 17.4 Å². The molecule has 132 valence electrons. The van der Waals surface area contributed by atoms with E-state index in [1.54, 1.807) is 29.2 Å². The summed E-state index contributed by atoms with van der Waals surface area (Å²) in [6, 6.07) is 9.60. The van der Waals surface area contributed by atoms with Crippen LogP contribution in [-0.2, 0) is 14.8 Å². The fourth-order valence-corrected chi connectivity index (χ4v) is 4.35. The van der Waals surface area contributed by atoms with Gasteiger partial charge in [0.2, 0.25) is 5.91 Å². The van der Waals surface area contributed by atoms with Gasteiger partial charge in [-0.1, -0.05) is 27.5 Å². The van der Waals surface area contributed by atoms with Crippen LogP contribution in [0.3, 0.4) is 0 Å². The molecule has 1 aliphatic heterocycles. The second-order valence-corrected chi connectivity index (χ2v) is 8.78. The zero-order valence-electron chi connectivity index (χ0n) is 13.4. The standard InChI is InChI=1S/C17H16BrClN2O3S/c1-11-9-13(5-6-14(11)18)25(23,24)20-12-4-7-16(15(19)10-12)21-8-2-3-17(21)22/h4-7,9-10,20H,2-3,8H2,1H3. The third-order valence-electron chi connectivity index (χ3n) is 4.00. The number of anilines is 2. The van der Waals surface area contributed by atoms with E-state index >= 15 is 0 Å². The van der Waals surface area contributed by atoms with Crippen molar-refractivity contribution in [3.63, 3.8) is 0 Å². The number of nitrogens with one attached hydrogen (secondary N) is 1. The van der Waals surface area contributed by atoms with Gasteiger partial charge in [-0.15, -0.1) is 0 Å². The molecular formula is C17H16BrClN2O3S. The first-order valence-electron chi connectivity index (χ1n) is 7.67. The van der Waals surface area contributed by atoms with Crippen LogP contribution in [0.1, 0.15) is 18.4 Å². The largest absolute Gasteiger partial charge is 0.311 e. The number of hydrogen-bond acceptors (Lipinski definition) is 3. The zero-order chi connectivity index (χ0) is 18.2. The molecule has 5 nitrogen and oxygen atoms in total. The van der Waals surface area contributed by atoms with Crippen molar-refractivity contribution < 1.29 is 13.2 Å². The summed E-state index contributed by atoms with van der Waals surface area (Å²) in [7, 11) is -3.72. The normalized spacial score (nSPS) is 14.8. The number of benzene rings is 2. The second-order valence-electron chi connectivity index (χ2n) is 5.83. The molecule has 0 spiro atoms. The van der Waals surface area contributed by atoms with Gasteiger partial charge in [0.25, 0.3) is 10.0 Å². The van der Waals surface area contributed by atoms with Crippen molar-refractivity contribution in [2.24, 2.45) is 0 Å². The first-order chi connectivity index (χ1) is 11.8. The number of amides is 1. The molecule has 0 aliphatic carbocycles. The molecule has 0 aromatic heterocycles. The van der Waals surface area contributed by atoms with Gasteiger partial charge in [0.1, 0.15) is 0 Å². The molecule has 8 heteroatoms. The van der Waals surface area contributed by atoms with Gasteiger partial charge in [-0.05, 0) is 55.3 Å². The van der Waals surface area contributed by atoms with E-state index in [2.05, 4.69) is 20.7 Å². The minimum atomic E-state index is -3.72. The molecule has 1 saturated heterocycles. The zero-order valence-corrected chi connectivity index (χ0v) is 16.6. The van der Waals surface area contributed by atoms with Crippen LogP contribution < -0.4 is 9.62 Å². The highest BCUT2D eigenvalue weighted by molar-refractivity contribution is 9.10. The maximum atomic E-state index is 12.5. The van der Waals surface area contributed by atoms with Crippen LogP contribution in [0.2, 0.25) is 5.02 Å². The Balaban J connectivity index is 1.86. The van der Waals surface area contributed by atoms with E-state index in [0.717, 1.165) is 16.5 Å². The minimum Gasteiger partial charge on any atom is -0.311 e. The number of carbonyl (C=O) groups is 1. The third-order valence-corrected chi connectivity index (χ3v) is 6.58. The van der Waals surface area contributed by atoms with Crippen LogP contribution in [0.5, 0.6) is 0 Å². The van der Waals surface area contributed by atoms with Gasteiger partial charge in [-0.25, -0.2) is 8.42 Å². The van der Waals surface area contributed by atoms with E-state index < -0.39 is 10.0 Å². The summed E-state index contributed by atoms with van der Waals surface area (Å²) in [5.41, 5.74) is 1.77. The van der Waals surface area contributed by atoms with E-state index in [1.807, 2.05) is 6.92 Å². The molecule has 1 heterocycles. The summed E-state index contributed by atoms with van der Waals surface area (Å²) < 4.78 is 28.4. The Morgan fingerprint density at radius 3 is 2.56 bits per heavy atom. The van der Waals surface area contributed by atoms with Crippen LogP contribution in [-0.4, -0.2) is 20.9 Å². The summed E-state index contributed by atoms with van der Waals surface area (Å²) in [4.78, 5) is 13.6. The van der Waals surface area contributed by atoms with Crippen LogP contribution in [0.25, 0.3) is 0 Å². The highest BCUT2D eigenvalue weighted by Gasteiger charge is 2.24. The van der Waals surface area contributed by atoms with Crippen molar-refractivity contribution in [3.05, 3.63) is 51.5 Å². The number of aryl methyl sites for hydroxylation is 1. The first-order valence-corrected chi connectivity index (χ1v) is 10.3. The van der Waals surface area contributed by atoms with E-state index in [4.69, 9.17) is 11.6 Å². The predicted octanol–water partition coefficient (Wildman–Crippen LogP) is 4.34. The molecular weight excluding hydrogens is 428 g/mol. The molecule has 1 N–H and O–H groups in total. The minimum absolute atomic E-state index is 0.0283. The van der Waals surface area contributed by atoms with E-state index in [1.165, 1.54) is 12.1 Å². The molecule has 0 bridgehead atoms. The Kier molecular flexibility index (Phi) is 5.09. The van der Waals surface area contributed by atoms with Crippen molar-refractivity contribution in [1.82, 2.24) is 0 Å². The number of hydrogen-bond donors (Lipinski definition) is 1. The maximum Gasteiger partial charge on any atom is 0.261 e. The van der Waals surface area contributed by atoms with Gasteiger partial charge in [-0.3, -0.25) is 9.52 Å². The molecule has 2 aromatic carbocycles. The van der Waals surface area contributed by atoms with Crippen LogP contribution in [0.15, 0.2) is 45.8 Å². The summed E-state index contributed by atoms with van der Waals surface area (Å²) in [6.07, 6.45) is 1.31. The topological polar surface area (TPSA) is 66.5 Å². The SMILES string of the molecule is Cc1cc(S(=O)(=O)Nc2ccc(N3CCCC3=O)c(Cl)c2)ccc1Br. The van der Waals surface area contributed by atoms with Crippen LogP contribution in [0.4, 0.5) is 11.4 Å². The molecule has 0 unspecified atom stereocenters. The average Bonchev–Trinajstić information content (AvgIpc) is 2.95. The van der Waals surface area contributed by atoms with E-state index in [-0.39, 0.29) is 10.8 Å². The van der Waals surface area contributed by atoms with E-state index in [0.29, 0.717) is 29.4 Å². The lowest BCUT2D eigenvalue weighted by Gasteiger charge is -2.18. The van der Waals surface area contributed by atoms with Crippen LogP contribution >= 0.6 is 27.5 Å². The summed E-state index contributed by atoms with van der Waals surface area (Å²) in [5.74, 6) is 0.0283. The van der Waals surface area contributed by atoms with Crippen molar-refractivity contribution in [2.75, 3.05) is 16.2 Å². The Morgan fingerprint density at radius 1 is 1.20 bits per heavy atom. The number of halogens is 2. The van der Waals surface area contributed by atoms with Crippen molar-refractivity contribution in [3.8, 4) is 0 Å². The molecule has 0 radical (unpaired) electrons. The highest BCUT2D eigenvalue weighted by Crippen LogP contribution is 2.32. The third kappa shape index (κ3) is 3.83. The highest BCUT2D eigenvalue weighted by atomic mass is 79.9. The Labute approximate surface area is 160 Å². The predicted molar refractivity (Wildman–Crippen MR) is 103 cm³/mol. The summed E-state index contributed by atoms with van der Waals surface area (Å²) in [6.45, 7) is 2.45. The average molecular weight is 444 g/mol. The molecule has 1 fully saturated rings. The molecule has 0 atom stereocenters. The Morgan fingerprint density at radius 2 is 1.96 bits per heavy atom. The summed E-state index contributed by atoms with van der Waals surface area (Å²) >= 11 is 9.61. The van der Waals surface area contributed by atoms with E-state index in [9.17, 15) is 13.2 Å². The van der Waals surface area contributed by atoms with Crippen molar-refractivity contribution >= 4 is 54.8 Å². The number of carbonyl (C=O) groups excluding carboxylic acids is 1. The number of sulfonamides is 1. The fraction of sp³-hybridized carbons (Fsp3) is 0.235. The number of nitrogens with zero attached hydrogens (tertiary/aromatic N) is 1. The fourth-order valence-electron chi connectivity index (χ4n) is 2.69. The monoisotopic (exact) mass is 442 g/mol. The van der Waals surface area contributed by atoms with Crippen molar-refractivity contribution in [1.29, 1.82) is 0 Å². The molecule has 1 aliphatic rings. The van der Waals surface area contributed by atoms with Gasteiger partial charge in [0.15, 0.2) is 0 Å². The maximum absolute atomic E-state index is 12.5. The van der Waals surface area contributed by atoms with Gasteiger partial charge in [-0.2, -0.15) is 0 Å². The lowest BCUT2D eigenvalue weighted by Crippen LogP contribution is -2.24. The molecule has 0 saturated carbocycles. The van der Waals surface area contributed by atoms with Gasteiger partial charge in [0.05, 0.1) is 21.3 Å². The molecule has 3 rings (SSSR count).